The van der Waals surface area contributed by atoms with Gasteiger partial charge in [0.15, 0.2) is 0 Å². The van der Waals surface area contributed by atoms with Crippen molar-refractivity contribution in [2.45, 2.75) is 45.6 Å². The van der Waals surface area contributed by atoms with Crippen molar-refractivity contribution in [1.82, 2.24) is 20.4 Å². The molecule has 3 rings (SSSR count). The van der Waals surface area contributed by atoms with Crippen molar-refractivity contribution >= 4 is 46.3 Å². The highest BCUT2D eigenvalue weighted by Gasteiger charge is 2.28. The average Bonchev–Trinajstić information content (AvgIpc) is 3.25. The second-order valence-electron chi connectivity index (χ2n) is 7.69. The van der Waals surface area contributed by atoms with Crippen molar-refractivity contribution in [3.63, 3.8) is 0 Å². The number of halogens is 1. The van der Waals surface area contributed by atoms with Gasteiger partial charge in [-0.25, -0.2) is 0 Å². The number of anilines is 1. The smallest absolute Gasteiger partial charge is 0.286 e. The van der Waals surface area contributed by atoms with Crippen LogP contribution in [0.3, 0.4) is 0 Å². The van der Waals surface area contributed by atoms with Gasteiger partial charge in [0.25, 0.3) is 11.8 Å². The van der Waals surface area contributed by atoms with E-state index in [1.54, 1.807) is 29.2 Å². The molecule has 1 aromatic heterocycles. The van der Waals surface area contributed by atoms with Crippen molar-refractivity contribution in [2.75, 3.05) is 18.4 Å². The highest BCUT2D eigenvalue weighted by atomic mass is 35.5. The van der Waals surface area contributed by atoms with Crippen LogP contribution < -0.4 is 10.6 Å². The fourth-order valence-electron chi connectivity index (χ4n) is 3.29. The topological polar surface area (TPSA) is 104 Å². The van der Waals surface area contributed by atoms with E-state index in [2.05, 4.69) is 20.8 Å². The highest BCUT2D eigenvalue weighted by molar-refractivity contribution is 7.15. The number of nitrogens with zero attached hydrogens (tertiary/aromatic N) is 3. The fraction of sp³-hybridized carbons (Fsp3) is 0.476. The largest absolute Gasteiger partial charge is 0.354 e. The lowest BCUT2D eigenvalue weighted by molar-refractivity contribution is -0.122. The third-order valence-electron chi connectivity index (χ3n) is 5.30. The van der Waals surface area contributed by atoms with Crippen LogP contribution in [0.25, 0.3) is 0 Å². The Hall–Kier alpha value is -2.52. The molecule has 1 fully saturated rings. The molecule has 2 heterocycles. The molecule has 10 heteroatoms. The molecule has 0 saturated carbocycles. The van der Waals surface area contributed by atoms with Crippen molar-refractivity contribution in [2.24, 2.45) is 5.92 Å². The molecule has 0 radical (unpaired) electrons. The number of hydrogen-bond acceptors (Lipinski definition) is 6. The lowest BCUT2D eigenvalue weighted by atomic mass is 9.93. The summed E-state index contributed by atoms with van der Waals surface area (Å²) in [4.78, 5) is 38.9. The second kappa shape index (κ2) is 10.7. The van der Waals surface area contributed by atoms with E-state index in [-0.39, 0.29) is 33.8 Å². The molecule has 1 atom stereocenters. The van der Waals surface area contributed by atoms with Crippen molar-refractivity contribution in [3.05, 3.63) is 39.3 Å². The van der Waals surface area contributed by atoms with Crippen LogP contribution in [0.5, 0.6) is 0 Å². The summed E-state index contributed by atoms with van der Waals surface area (Å²) in [5.41, 5.74) is 0.580. The Labute approximate surface area is 190 Å². The first-order chi connectivity index (χ1) is 14.9. The standard InChI is InChI=1S/C21H26ClN5O3S/c1-3-13(2)23-17(28)12-14-8-10-27(11-9-14)21(30)20-26-25-19(31-20)18(29)24-16-6-4-15(22)5-7-16/h4-7,13-14H,3,8-12H2,1-2H3,(H,23,28)(H,24,29). The monoisotopic (exact) mass is 463 g/mol. The molecule has 1 saturated heterocycles. The molecule has 166 valence electrons. The minimum atomic E-state index is -0.426. The molecular formula is C21H26ClN5O3S. The summed E-state index contributed by atoms with van der Waals surface area (Å²) >= 11 is 6.81. The van der Waals surface area contributed by atoms with Gasteiger partial charge in [0.1, 0.15) is 0 Å². The molecule has 1 aliphatic heterocycles. The Morgan fingerprint density at radius 1 is 1.16 bits per heavy atom. The van der Waals surface area contributed by atoms with Gasteiger partial charge in [0.05, 0.1) is 0 Å². The Bertz CT molecular complexity index is 925. The summed E-state index contributed by atoms with van der Waals surface area (Å²) in [6.45, 7) is 5.15. The first-order valence-electron chi connectivity index (χ1n) is 10.3. The van der Waals surface area contributed by atoms with E-state index in [4.69, 9.17) is 11.6 Å². The maximum atomic E-state index is 12.8. The number of rotatable bonds is 7. The maximum absolute atomic E-state index is 12.8. The average molecular weight is 464 g/mol. The van der Waals surface area contributed by atoms with Crippen LogP contribution in [-0.2, 0) is 4.79 Å². The zero-order chi connectivity index (χ0) is 22.4. The van der Waals surface area contributed by atoms with Gasteiger partial charge >= 0.3 is 0 Å². The zero-order valence-corrected chi connectivity index (χ0v) is 19.1. The number of carbonyl (C=O) groups excluding carboxylic acids is 3. The van der Waals surface area contributed by atoms with Crippen LogP contribution in [0.15, 0.2) is 24.3 Å². The van der Waals surface area contributed by atoms with Crippen LogP contribution in [0.4, 0.5) is 5.69 Å². The van der Waals surface area contributed by atoms with Gasteiger partial charge in [-0.05, 0) is 56.4 Å². The molecule has 1 unspecified atom stereocenters. The SMILES string of the molecule is CCC(C)NC(=O)CC1CCN(C(=O)c2nnc(C(=O)Nc3ccc(Cl)cc3)s2)CC1. The Balaban J connectivity index is 1.50. The number of piperidine rings is 1. The van der Waals surface area contributed by atoms with Crippen LogP contribution in [-0.4, -0.2) is 52.0 Å². The van der Waals surface area contributed by atoms with Gasteiger partial charge < -0.3 is 15.5 Å². The number of amides is 3. The lowest BCUT2D eigenvalue weighted by Gasteiger charge is -2.31. The fourth-order valence-corrected chi connectivity index (χ4v) is 4.13. The molecule has 0 bridgehead atoms. The molecule has 2 aromatic rings. The first kappa shape index (κ1) is 23.1. The summed E-state index contributed by atoms with van der Waals surface area (Å²) < 4.78 is 0. The highest BCUT2D eigenvalue weighted by Crippen LogP contribution is 2.23. The Morgan fingerprint density at radius 2 is 1.81 bits per heavy atom. The van der Waals surface area contributed by atoms with Gasteiger partial charge in [0, 0.05) is 36.3 Å². The molecule has 0 aliphatic carbocycles. The second-order valence-corrected chi connectivity index (χ2v) is 9.10. The predicted molar refractivity (Wildman–Crippen MR) is 120 cm³/mol. The number of nitrogens with one attached hydrogen (secondary N) is 2. The van der Waals surface area contributed by atoms with E-state index >= 15 is 0 Å². The quantitative estimate of drug-likeness (QED) is 0.652. The van der Waals surface area contributed by atoms with E-state index < -0.39 is 5.91 Å². The molecule has 8 nitrogen and oxygen atoms in total. The van der Waals surface area contributed by atoms with E-state index in [0.29, 0.717) is 30.2 Å². The van der Waals surface area contributed by atoms with Crippen molar-refractivity contribution in [1.29, 1.82) is 0 Å². The summed E-state index contributed by atoms with van der Waals surface area (Å²) in [5, 5.41) is 14.4. The van der Waals surface area contributed by atoms with Crippen LogP contribution in [0.2, 0.25) is 5.02 Å². The maximum Gasteiger partial charge on any atom is 0.286 e. The van der Waals surface area contributed by atoms with E-state index in [1.807, 2.05) is 13.8 Å². The van der Waals surface area contributed by atoms with Crippen LogP contribution in [0, 0.1) is 5.92 Å². The number of benzene rings is 1. The van der Waals surface area contributed by atoms with Gasteiger partial charge in [-0.2, -0.15) is 0 Å². The minimum Gasteiger partial charge on any atom is -0.354 e. The van der Waals surface area contributed by atoms with Gasteiger partial charge in [-0.3, -0.25) is 14.4 Å². The lowest BCUT2D eigenvalue weighted by Crippen LogP contribution is -2.40. The molecule has 2 N–H and O–H groups in total. The zero-order valence-electron chi connectivity index (χ0n) is 17.6. The number of hydrogen-bond donors (Lipinski definition) is 2. The summed E-state index contributed by atoms with van der Waals surface area (Å²) in [7, 11) is 0. The van der Waals surface area contributed by atoms with Crippen LogP contribution in [0.1, 0.15) is 59.1 Å². The van der Waals surface area contributed by atoms with E-state index in [0.717, 1.165) is 30.6 Å². The first-order valence-corrected chi connectivity index (χ1v) is 11.5. The summed E-state index contributed by atoms with van der Waals surface area (Å²) in [5.74, 6) is -0.321. The van der Waals surface area contributed by atoms with Crippen molar-refractivity contribution < 1.29 is 14.4 Å². The molecule has 1 aromatic carbocycles. The number of carbonyl (C=O) groups is 3. The molecule has 31 heavy (non-hydrogen) atoms. The normalized spacial score (nSPS) is 15.4. The van der Waals surface area contributed by atoms with E-state index in [1.165, 1.54) is 0 Å². The predicted octanol–water partition coefficient (Wildman–Crippen LogP) is 3.60. The van der Waals surface area contributed by atoms with Gasteiger partial charge in [0.2, 0.25) is 15.9 Å². The Morgan fingerprint density at radius 3 is 2.45 bits per heavy atom. The Kier molecular flexibility index (Phi) is 7.97. The number of aromatic nitrogens is 2. The minimum absolute atomic E-state index is 0.0691. The summed E-state index contributed by atoms with van der Waals surface area (Å²) in [6.07, 6.45) is 2.92. The third kappa shape index (κ3) is 6.48. The van der Waals surface area contributed by atoms with Gasteiger partial charge in [-0.15, -0.1) is 10.2 Å². The molecular weight excluding hydrogens is 438 g/mol. The molecule has 1 aliphatic rings. The molecule has 0 spiro atoms. The van der Waals surface area contributed by atoms with Gasteiger partial charge in [-0.1, -0.05) is 29.9 Å². The van der Waals surface area contributed by atoms with E-state index in [9.17, 15) is 14.4 Å². The van der Waals surface area contributed by atoms with Crippen molar-refractivity contribution in [3.8, 4) is 0 Å². The third-order valence-corrected chi connectivity index (χ3v) is 6.46. The summed E-state index contributed by atoms with van der Waals surface area (Å²) in [6, 6.07) is 6.88. The number of likely N-dealkylation sites (tertiary alicyclic amines) is 1. The molecule has 3 amide bonds. The van der Waals surface area contributed by atoms with Crippen LogP contribution >= 0.6 is 22.9 Å².